The Morgan fingerprint density at radius 3 is 2.74 bits per heavy atom. The van der Waals surface area contributed by atoms with Gasteiger partial charge >= 0.3 is 0 Å². The Labute approximate surface area is 158 Å². The Morgan fingerprint density at radius 2 is 2.11 bits per heavy atom. The van der Waals surface area contributed by atoms with Crippen LogP contribution in [0.2, 0.25) is 5.15 Å². The smallest absolute Gasteiger partial charge is 0.182 e. The van der Waals surface area contributed by atoms with Crippen molar-refractivity contribution in [3.05, 3.63) is 71.2 Å². The van der Waals surface area contributed by atoms with Crippen molar-refractivity contribution >= 4 is 17.9 Å². The fourth-order valence-corrected chi connectivity index (χ4v) is 2.78. The van der Waals surface area contributed by atoms with Crippen LogP contribution in [0.15, 0.2) is 42.3 Å². The molecule has 10 heteroatoms. The van der Waals surface area contributed by atoms with Crippen molar-refractivity contribution in [2.75, 3.05) is 6.54 Å². The predicted octanol–water partition coefficient (Wildman–Crippen LogP) is 2.89. The summed E-state index contributed by atoms with van der Waals surface area (Å²) in [5.41, 5.74) is -2.67. The minimum Gasteiger partial charge on any atom is -0.382 e. The van der Waals surface area contributed by atoms with Gasteiger partial charge in [-0.05, 0) is 6.07 Å². The first-order chi connectivity index (χ1) is 12.7. The maximum absolute atomic E-state index is 14.4. The first-order valence-electron chi connectivity index (χ1n) is 7.70. The predicted molar refractivity (Wildman–Crippen MR) is 95.3 cm³/mol. The molecule has 0 radical (unpaired) electrons. The zero-order valence-corrected chi connectivity index (χ0v) is 15.0. The van der Waals surface area contributed by atoms with Gasteiger partial charge in [0.15, 0.2) is 11.0 Å². The molecule has 0 aliphatic rings. The molecule has 27 heavy (non-hydrogen) atoms. The summed E-state index contributed by atoms with van der Waals surface area (Å²) in [6.45, 7) is 4.37. The topological polar surface area (TPSA) is 87.6 Å². The van der Waals surface area contributed by atoms with E-state index in [2.05, 4.69) is 21.5 Å². The molecular formula is C17H17ClF3N5O. The summed E-state index contributed by atoms with van der Waals surface area (Å²) in [7, 11) is 0. The molecule has 0 fully saturated rings. The van der Waals surface area contributed by atoms with Crippen molar-refractivity contribution in [3.8, 4) is 0 Å². The van der Waals surface area contributed by atoms with E-state index < -0.39 is 40.7 Å². The lowest BCUT2D eigenvalue weighted by molar-refractivity contribution is -0.0110. The molecule has 3 N–H and O–H groups in total. The number of hydrogen-bond acceptors (Lipinski definition) is 5. The van der Waals surface area contributed by atoms with E-state index in [4.69, 9.17) is 17.4 Å². The summed E-state index contributed by atoms with van der Waals surface area (Å²) in [4.78, 5) is 11.0. The standard InChI is InChI=1S/C17H17ClF3N5O/c1-3-23-9-26(22)7-17(27,12-5-4-11(19)6-13(12)20)10(2)15-14(21)16(18)25-8-24-15/h3-6,8-10,27H,1,7,22H2,2H3. The number of aliphatic imine (C=N–C) groups is 1. The lowest BCUT2D eigenvalue weighted by Gasteiger charge is -2.37. The lowest BCUT2D eigenvalue weighted by Crippen LogP contribution is -2.47. The molecule has 144 valence electrons. The molecule has 0 bridgehead atoms. The molecule has 2 rings (SSSR count). The van der Waals surface area contributed by atoms with E-state index >= 15 is 0 Å². The largest absolute Gasteiger partial charge is 0.382 e. The number of benzene rings is 1. The van der Waals surface area contributed by atoms with Gasteiger partial charge in [0.25, 0.3) is 0 Å². The Hall–Kier alpha value is -2.49. The van der Waals surface area contributed by atoms with Crippen LogP contribution in [0, 0.1) is 17.5 Å². The van der Waals surface area contributed by atoms with Gasteiger partial charge in [-0.1, -0.05) is 31.2 Å². The monoisotopic (exact) mass is 399 g/mol. The molecule has 6 nitrogen and oxygen atoms in total. The number of aromatic nitrogens is 2. The first-order valence-corrected chi connectivity index (χ1v) is 8.07. The molecule has 0 saturated carbocycles. The van der Waals surface area contributed by atoms with E-state index in [9.17, 15) is 18.3 Å². The van der Waals surface area contributed by atoms with Crippen molar-refractivity contribution in [3.63, 3.8) is 0 Å². The normalized spacial score (nSPS) is 14.8. The highest BCUT2D eigenvalue weighted by Gasteiger charge is 2.42. The highest BCUT2D eigenvalue weighted by molar-refractivity contribution is 6.29. The number of nitrogens with zero attached hydrogens (tertiary/aromatic N) is 4. The molecule has 0 amide bonds. The number of hydrogen-bond donors (Lipinski definition) is 2. The third-order valence-corrected chi connectivity index (χ3v) is 4.31. The molecule has 0 saturated heterocycles. The van der Waals surface area contributed by atoms with Gasteiger partial charge in [0.2, 0.25) is 0 Å². The van der Waals surface area contributed by atoms with Crippen LogP contribution in [0.5, 0.6) is 0 Å². The Balaban J connectivity index is 2.59. The zero-order valence-electron chi connectivity index (χ0n) is 14.3. The molecule has 1 aromatic heterocycles. The number of rotatable bonds is 7. The average Bonchev–Trinajstić information content (AvgIpc) is 2.61. The number of hydrazine groups is 1. The van der Waals surface area contributed by atoms with Crippen molar-refractivity contribution in [1.82, 2.24) is 15.0 Å². The molecule has 0 spiro atoms. The molecule has 0 aliphatic heterocycles. The minimum atomic E-state index is -2.11. The summed E-state index contributed by atoms with van der Waals surface area (Å²) >= 11 is 5.68. The van der Waals surface area contributed by atoms with Crippen molar-refractivity contribution in [2.24, 2.45) is 10.8 Å². The summed E-state index contributed by atoms with van der Waals surface area (Å²) < 4.78 is 42.2. The second kappa shape index (κ2) is 8.47. The molecule has 2 unspecified atom stereocenters. The van der Waals surface area contributed by atoms with Gasteiger partial charge in [-0.25, -0.2) is 34.0 Å². The fraction of sp³-hybridized carbons (Fsp3) is 0.235. The highest BCUT2D eigenvalue weighted by atomic mass is 35.5. The maximum atomic E-state index is 14.4. The van der Waals surface area contributed by atoms with Crippen LogP contribution in [-0.4, -0.2) is 33.0 Å². The van der Waals surface area contributed by atoms with E-state index in [1.165, 1.54) is 13.1 Å². The summed E-state index contributed by atoms with van der Waals surface area (Å²) in [5.74, 6) is 1.81. The van der Waals surface area contributed by atoms with Gasteiger partial charge in [0.1, 0.15) is 29.9 Å². The molecular weight excluding hydrogens is 383 g/mol. The van der Waals surface area contributed by atoms with Crippen molar-refractivity contribution < 1.29 is 18.3 Å². The van der Waals surface area contributed by atoms with Crippen LogP contribution in [0.1, 0.15) is 24.1 Å². The molecule has 1 heterocycles. The molecule has 2 atom stereocenters. The fourth-order valence-electron chi connectivity index (χ4n) is 2.64. The minimum absolute atomic E-state index is 0.254. The Bertz CT molecular complexity index is 866. The summed E-state index contributed by atoms with van der Waals surface area (Å²) in [6, 6.07) is 2.63. The highest BCUT2D eigenvalue weighted by Crippen LogP contribution is 2.39. The van der Waals surface area contributed by atoms with Gasteiger partial charge in [-0.3, -0.25) is 5.01 Å². The van der Waals surface area contributed by atoms with Gasteiger partial charge < -0.3 is 5.11 Å². The first kappa shape index (κ1) is 20.8. The second-order valence-electron chi connectivity index (χ2n) is 5.75. The van der Waals surface area contributed by atoms with Crippen molar-refractivity contribution in [1.29, 1.82) is 0 Å². The third-order valence-electron chi connectivity index (χ3n) is 4.04. The average molecular weight is 400 g/mol. The van der Waals surface area contributed by atoms with Gasteiger partial charge in [0, 0.05) is 23.7 Å². The molecule has 0 aliphatic carbocycles. The van der Waals surface area contributed by atoms with Crippen LogP contribution in [0.25, 0.3) is 0 Å². The summed E-state index contributed by atoms with van der Waals surface area (Å²) in [5, 5.41) is 11.8. The number of nitrogens with two attached hydrogens (primary N) is 1. The third kappa shape index (κ3) is 4.44. The van der Waals surface area contributed by atoms with Gasteiger partial charge in [-0.2, -0.15) is 0 Å². The number of aliphatic hydroxyl groups is 1. The van der Waals surface area contributed by atoms with Crippen LogP contribution in [0.4, 0.5) is 13.2 Å². The maximum Gasteiger partial charge on any atom is 0.182 e. The molecule has 1 aromatic carbocycles. The number of halogens is 4. The Kier molecular flexibility index (Phi) is 6.53. The zero-order chi connectivity index (χ0) is 20.2. The van der Waals surface area contributed by atoms with Crippen molar-refractivity contribution in [2.45, 2.75) is 18.4 Å². The van der Waals surface area contributed by atoms with Crippen LogP contribution < -0.4 is 5.84 Å². The Morgan fingerprint density at radius 1 is 1.41 bits per heavy atom. The lowest BCUT2D eigenvalue weighted by atomic mass is 9.79. The van der Waals surface area contributed by atoms with E-state index in [0.29, 0.717) is 6.07 Å². The van der Waals surface area contributed by atoms with Crippen LogP contribution >= 0.6 is 11.6 Å². The van der Waals surface area contributed by atoms with E-state index in [1.807, 2.05) is 0 Å². The van der Waals surface area contributed by atoms with Crippen LogP contribution in [0.3, 0.4) is 0 Å². The quantitative estimate of drug-likeness (QED) is 0.246. The summed E-state index contributed by atoms with van der Waals surface area (Å²) in [6.07, 6.45) is 3.35. The molecule has 2 aromatic rings. The van der Waals surface area contributed by atoms with E-state index in [1.54, 1.807) is 0 Å². The second-order valence-corrected chi connectivity index (χ2v) is 6.11. The van der Waals surface area contributed by atoms with Crippen LogP contribution in [-0.2, 0) is 5.60 Å². The SMILES string of the molecule is C=CN=CN(N)CC(O)(c1ccc(F)cc1F)C(C)c1ncnc(Cl)c1F. The van der Waals surface area contributed by atoms with E-state index in [0.717, 1.165) is 29.8 Å². The van der Waals surface area contributed by atoms with E-state index in [-0.39, 0.29) is 11.3 Å². The van der Waals surface area contributed by atoms with Gasteiger partial charge in [-0.15, -0.1) is 0 Å². The van der Waals surface area contributed by atoms with Gasteiger partial charge in [0.05, 0.1) is 12.2 Å².